The second-order valence-corrected chi connectivity index (χ2v) is 6.65. The fourth-order valence-electron chi connectivity index (χ4n) is 3.56. The standard InChI is InChI=1S/C23H22N2O/c26-23(17-25-15-7-12-19-10-4-5-14-22(19)25)24-21-13-6-11-20(16-21)18-8-2-1-3-9-18/h1-6,8-11,13-14,16H,7,12,15,17H2,(H,24,26). The van der Waals surface area contributed by atoms with Crippen LogP contribution in [0.4, 0.5) is 11.4 Å². The predicted molar refractivity (Wildman–Crippen MR) is 107 cm³/mol. The van der Waals surface area contributed by atoms with Gasteiger partial charge in [-0.05, 0) is 47.7 Å². The summed E-state index contributed by atoms with van der Waals surface area (Å²) in [6, 6.07) is 26.6. The Morgan fingerprint density at radius 2 is 1.65 bits per heavy atom. The quantitative estimate of drug-likeness (QED) is 0.742. The number of hydrogen-bond donors (Lipinski definition) is 1. The number of hydrogen-bond acceptors (Lipinski definition) is 2. The average Bonchev–Trinajstić information content (AvgIpc) is 2.69. The van der Waals surface area contributed by atoms with Crippen molar-refractivity contribution in [2.45, 2.75) is 12.8 Å². The molecule has 0 aliphatic carbocycles. The van der Waals surface area contributed by atoms with Gasteiger partial charge in [0, 0.05) is 17.9 Å². The molecule has 0 aromatic heterocycles. The van der Waals surface area contributed by atoms with Crippen molar-refractivity contribution in [1.82, 2.24) is 0 Å². The molecule has 0 unspecified atom stereocenters. The van der Waals surface area contributed by atoms with Gasteiger partial charge in [-0.1, -0.05) is 60.7 Å². The Morgan fingerprint density at radius 1 is 0.885 bits per heavy atom. The van der Waals surface area contributed by atoms with Crippen molar-refractivity contribution < 1.29 is 4.79 Å². The van der Waals surface area contributed by atoms with Crippen LogP contribution in [0.5, 0.6) is 0 Å². The SMILES string of the molecule is O=C(CN1CCCc2ccccc21)Nc1cccc(-c2ccccc2)c1. The molecule has 130 valence electrons. The molecule has 0 fully saturated rings. The van der Waals surface area contributed by atoms with Gasteiger partial charge in [0.2, 0.25) is 5.91 Å². The normalized spacial score (nSPS) is 13.2. The maximum Gasteiger partial charge on any atom is 0.243 e. The molecule has 0 saturated carbocycles. The fourth-order valence-corrected chi connectivity index (χ4v) is 3.56. The van der Waals surface area contributed by atoms with Gasteiger partial charge >= 0.3 is 0 Å². The molecule has 3 aromatic rings. The first-order valence-electron chi connectivity index (χ1n) is 9.08. The fraction of sp³-hybridized carbons (Fsp3) is 0.174. The molecule has 0 saturated heterocycles. The minimum atomic E-state index is 0.0203. The second-order valence-electron chi connectivity index (χ2n) is 6.65. The van der Waals surface area contributed by atoms with Crippen molar-refractivity contribution in [1.29, 1.82) is 0 Å². The Balaban J connectivity index is 1.46. The molecule has 1 N–H and O–H groups in total. The molecule has 0 spiro atoms. The predicted octanol–water partition coefficient (Wildman–Crippen LogP) is 4.74. The summed E-state index contributed by atoms with van der Waals surface area (Å²) in [5, 5.41) is 3.05. The van der Waals surface area contributed by atoms with Gasteiger partial charge in [0.25, 0.3) is 0 Å². The van der Waals surface area contributed by atoms with Crippen molar-refractivity contribution >= 4 is 17.3 Å². The maximum absolute atomic E-state index is 12.6. The molecule has 3 heteroatoms. The van der Waals surface area contributed by atoms with Gasteiger partial charge in [-0.2, -0.15) is 0 Å². The molecular formula is C23H22N2O. The van der Waals surface area contributed by atoms with Gasteiger partial charge in [-0.25, -0.2) is 0 Å². The lowest BCUT2D eigenvalue weighted by Gasteiger charge is -2.30. The molecule has 0 radical (unpaired) electrons. The summed E-state index contributed by atoms with van der Waals surface area (Å²) >= 11 is 0. The molecule has 1 aliphatic rings. The van der Waals surface area contributed by atoms with Crippen LogP contribution in [0.1, 0.15) is 12.0 Å². The van der Waals surface area contributed by atoms with Crippen molar-refractivity contribution in [3.63, 3.8) is 0 Å². The van der Waals surface area contributed by atoms with Crippen LogP contribution in [0.15, 0.2) is 78.9 Å². The number of carbonyl (C=O) groups is 1. The number of carbonyl (C=O) groups excluding carboxylic acids is 1. The number of anilines is 2. The molecule has 4 rings (SSSR count). The lowest BCUT2D eigenvalue weighted by molar-refractivity contribution is -0.115. The number of amides is 1. The van der Waals surface area contributed by atoms with Crippen molar-refractivity contribution in [3.8, 4) is 11.1 Å². The zero-order valence-corrected chi connectivity index (χ0v) is 14.7. The van der Waals surface area contributed by atoms with Gasteiger partial charge in [-0.15, -0.1) is 0 Å². The van der Waals surface area contributed by atoms with Crippen LogP contribution in [0.25, 0.3) is 11.1 Å². The Bertz CT molecular complexity index is 905. The summed E-state index contributed by atoms with van der Waals surface area (Å²) in [6.45, 7) is 1.31. The number of nitrogens with one attached hydrogen (secondary N) is 1. The minimum Gasteiger partial charge on any atom is -0.362 e. The Morgan fingerprint density at radius 3 is 2.54 bits per heavy atom. The van der Waals surface area contributed by atoms with Crippen molar-refractivity contribution in [2.24, 2.45) is 0 Å². The van der Waals surface area contributed by atoms with E-state index in [1.807, 2.05) is 42.5 Å². The molecule has 1 amide bonds. The van der Waals surface area contributed by atoms with Gasteiger partial charge < -0.3 is 10.2 Å². The number of rotatable bonds is 4. The highest BCUT2D eigenvalue weighted by molar-refractivity contribution is 5.94. The van der Waals surface area contributed by atoms with Gasteiger partial charge in [-0.3, -0.25) is 4.79 Å². The zero-order chi connectivity index (χ0) is 17.8. The second kappa shape index (κ2) is 7.44. The Hall–Kier alpha value is -3.07. The molecule has 3 nitrogen and oxygen atoms in total. The molecule has 0 bridgehead atoms. The topological polar surface area (TPSA) is 32.3 Å². The summed E-state index contributed by atoms with van der Waals surface area (Å²) in [5.41, 5.74) is 5.60. The summed E-state index contributed by atoms with van der Waals surface area (Å²) in [5.74, 6) is 0.0203. The summed E-state index contributed by atoms with van der Waals surface area (Å²) < 4.78 is 0. The van der Waals surface area contributed by atoms with Crippen molar-refractivity contribution in [2.75, 3.05) is 23.3 Å². The monoisotopic (exact) mass is 342 g/mol. The van der Waals surface area contributed by atoms with Gasteiger partial charge in [0.15, 0.2) is 0 Å². The largest absolute Gasteiger partial charge is 0.362 e. The summed E-state index contributed by atoms with van der Waals surface area (Å²) in [7, 11) is 0. The number of nitrogens with zero attached hydrogens (tertiary/aromatic N) is 1. The molecule has 3 aromatic carbocycles. The maximum atomic E-state index is 12.6. The molecule has 0 atom stereocenters. The van der Waals surface area contributed by atoms with Crippen LogP contribution in [0, 0.1) is 0 Å². The lowest BCUT2D eigenvalue weighted by atomic mass is 10.0. The van der Waals surface area contributed by atoms with E-state index in [2.05, 4.69) is 46.6 Å². The van der Waals surface area contributed by atoms with Gasteiger partial charge in [0.1, 0.15) is 0 Å². The number of aryl methyl sites for hydroxylation is 1. The van der Waals surface area contributed by atoms with E-state index in [4.69, 9.17) is 0 Å². The van der Waals surface area contributed by atoms with Crippen LogP contribution in [0.2, 0.25) is 0 Å². The highest BCUT2D eigenvalue weighted by Gasteiger charge is 2.18. The average molecular weight is 342 g/mol. The summed E-state index contributed by atoms with van der Waals surface area (Å²) in [6.07, 6.45) is 2.18. The van der Waals surface area contributed by atoms with Crippen LogP contribution in [-0.4, -0.2) is 19.0 Å². The third kappa shape index (κ3) is 3.62. The summed E-state index contributed by atoms with van der Waals surface area (Å²) in [4.78, 5) is 14.8. The Labute approximate surface area is 154 Å². The van der Waals surface area contributed by atoms with Crippen LogP contribution < -0.4 is 10.2 Å². The third-order valence-electron chi connectivity index (χ3n) is 4.79. The van der Waals surface area contributed by atoms with E-state index in [-0.39, 0.29) is 5.91 Å². The van der Waals surface area contributed by atoms with E-state index >= 15 is 0 Å². The highest BCUT2D eigenvalue weighted by atomic mass is 16.2. The number of para-hydroxylation sites is 1. The van der Waals surface area contributed by atoms with E-state index in [1.165, 1.54) is 11.3 Å². The van der Waals surface area contributed by atoms with Crippen LogP contribution in [-0.2, 0) is 11.2 Å². The van der Waals surface area contributed by atoms with E-state index in [9.17, 15) is 4.79 Å². The molecular weight excluding hydrogens is 320 g/mol. The van der Waals surface area contributed by atoms with E-state index < -0.39 is 0 Å². The minimum absolute atomic E-state index is 0.0203. The smallest absolute Gasteiger partial charge is 0.243 e. The van der Waals surface area contributed by atoms with E-state index in [0.717, 1.165) is 36.2 Å². The zero-order valence-electron chi connectivity index (χ0n) is 14.7. The van der Waals surface area contributed by atoms with Crippen molar-refractivity contribution in [3.05, 3.63) is 84.4 Å². The highest BCUT2D eigenvalue weighted by Crippen LogP contribution is 2.27. The lowest BCUT2D eigenvalue weighted by Crippen LogP contribution is -2.36. The van der Waals surface area contributed by atoms with Crippen LogP contribution in [0.3, 0.4) is 0 Å². The van der Waals surface area contributed by atoms with Crippen LogP contribution >= 0.6 is 0 Å². The molecule has 1 aliphatic heterocycles. The number of fused-ring (bicyclic) bond motifs is 1. The first-order chi connectivity index (χ1) is 12.8. The molecule has 26 heavy (non-hydrogen) atoms. The first-order valence-corrected chi connectivity index (χ1v) is 9.08. The number of benzene rings is 3. The third-order valence-corrected chi connectivity index (χ3v) is 4.79. The van der Waals surface area contributed by atoms with E-state index in [0.29, 0.717) is 6.54 Å². The molecule has 1 heterocycles. The van der Waals surface area contributed by atoms with Gasteiger partial charge in [0.05, 0.1) is 6.54 Å². The Kier molecular flexibility index (Phi) is 4.69. The first kappa shape index (κ1) is 16.4. The van der Waals surface area contributed by atoms with E-state index in [1.54, 1.807) is 0 Å².